The number of ketones is 1. The lowest BCUT2D eigenvalue weighted by Crippen LogP contribution is -2.38. The van der Waals surface area contributed by atoms with Crippen molar-refractivity contribution in [2.24, 2.45) is 5.41 Å². The summed E-state index contributed by atoms with van der Waals surface area (Å²) >= 11 is 0. The fraction of sp³-hybridized carbons (Fsp3) is 0.321. The molecule has 4 rings (SSSR count). The number of aromatic nitrogens is 1. The van der Waals surface area contributed by atoms with Crippen molar-refractivity contribution >= 4 is 49.7 Å². The van der Waals surface area contributed by atoms with Crippen LogP contribution in [-0.2, 0) is 20.2 Å². The first kappa shape index (κ1) is 26.3. The Kier molecular flexibility index (Phi) is 6.40. The lowest BCUT2D eigenvalue weighted by atomic mass is 9.65. The van der Waals surface area contributed by atoms with Crippen molar-refractivity contribution in [2.45, 2.75) is 46.0 Å². The first-order valence-electron chi connectivity index (χ1n) is 11.8. The van der Waals surface area contributed by atoms with Gasteiger partial charge in [0.2, 0.25) is 10.0 Å². The molecule has 1 aliphatic rings. The number of nitrogens with zero attached hydrogens (tertiary/aromatic N) is 1. The van der Waals surface area contributed by atoms with Crippen molar-refractivity contribution in [3.8, 4) is 0 Å². The number of carboxylic acid groups (broad SMARTS) is 1. The number of Topliss-reactive ketones (excluding diaryl/α,β-unsaturated/α-hetero) is 1. The molecule has 194 valence electrons. The van der Waals surface area contributed by atoms with E-state index in [4.69, 9.17) is 0 Å². The van der Waals surface area contributed by atoms with Gasteiger partial charge in [0.1, 0.15) is 5.76 Å². The van der Waals surface area contributed by atoms with Gasteiger partial charge in [0.25, 0.3) is 0 Å². The molecular weight excluding hydrogens is 492 g/mol. The Labute approximate surface area is 216 Å². The number of aliphatic hydroxyl groups excluding tert-OH is 1. The maximum atomic E-state index is 14.1. The number of rotatable bonds is 6. The number of sulfonamides is 1. The number of aromatic carboxylic acids is 1. The molecule has 0 fully saturated rings. The molecule has 0 saturated carbocycles. The minimum atomic E-state index is -3.58. The minimum absolute atomic E-state index is 0.0298. The fourth-order valence-electron chi connectivity index (χ4n) is 4.73. The molecule has 0 amide bonds. The Hall–Kier alpha value is -3.72. The van der Waals surface area contributed by atoms with Gasteiger partial charge in [-0.1, -0.05) is 45.0 Å². The molecule has 0 spiro atoms. The molecule has 0 radical (unpaired) electrons. The Balaban J connectivity index is 1.94. The lowest BCUT2D eigenvalue weighted by molar-refractivity contribution is -0.119. The van der Waals surface area contributed by atoms with Crippen LogP contribution >= 0.6 is 0 Å². The number of hydrogen-bond acceptors (Lipinski definition) is 6. The van der Waals surface area contributed by atoms with Gasteiger partial charge in [0.15, 0.2) is 5.78 Å². The summed E-state index contributed by atoms with van der Waals surface area (Å²) in [6.45, 7) is 8.15. The van der Waals surface area contributed by atoms with E-state index in [-0.39, 0.29) is 50.4 Å². The fourth-order valence-corrected chi connectivity index (χ4v) is 5.29. The van der Waals surface area contributed by atoms with Crippen LogP contribution in [0.5, 0.6) is 0 Å². The van der Waals surface area contributed by atoms with E-state index in [0.29, 0.717) is 12.0 Å². The number of carbonyl (C=O) groups is 2. The predicted octanol–water partition coefficient (Wildman–Crippen LogP) is 5.40. The number of nitrogens with one attached hydrogen (secondary N) is 1. The number of carboxylic acids is 1. The van der Waals surface area contributed by atoms with Crippen molar-refractivity contribution in [1.82, 2.24) is 4.98 Å². The second-order valence-electron chi connectivity index (χ2n) is 11.0. The third-order valence-corrected chi connectivity index (χ3v) is 7.32. The number of pyridine rings is 1. The average molecular weight is 523 g/mol. The first-order valence-corrected chi connectivity index (χ1v) is 13.7. The Bertz CT molecular complexity index is 1580. The zero-order valence-electron chi connectivity index (χ0n) is 21.4. The Morgan fingerprint density at radius 2 is 1.78 bits per heavy atom. The topological polar surface area (TPSA) is 134 Å². The molecule has 0 aliphatic heterocycles. The first-order chi connectivity index (χ1) is 17.1. The van der Waals surface area contributed by atoms with Gasteiger partial charge in [0.05, 0.1) is 34.0 Å². The monoisotopic (exact) mass is 522 g/mol. The van der Waals surface area contributed by atoms with Gasteiger partial charge in [-0.2, -0.15) is 0 Å². The second-order valence-corrected chi connectivity index (χ2v) is 12.7. The molecule has 2 aromatic carbocycles. The van der Waals surface area contributed by atoms with Crippen LogP contribution in [0, 0.1) is 5.41 Å². The highest BCUT2D eigenvalue weighted by atomic mass is 32.2. The molecule has 1 aliphatic carbocycles. The third kappa shape index (κ3) is 5.09. The summed E-state index contributed by atoms with van der Waals surface area (Å²) in [5.74, 6) is -1.84. The summed E-state index contributed by atoms with van der Waals surface area (Å²) in [5.41, 5.74) is 0.544. The van der Waals surface area contributed by atoms with Crippen molar-refractivity contribution in [3.63, 3.8) is 0 Å². The highest BCUT2D eigenvalue weighted by Crippen LogP contribution is 2.46. The average Bonchev–Trinajstić information content (AvgIpc) is 2.80. The number of hydrogen-bond donors (Lipinski definition) is 3. The molecule has 0 bridgehead atoms. The van der Waals surface area contributed by atoms with Crippen LogP contribution in [0.1, 0.15) is 67.7 Å². The maximum Gasteiger partial charge on any atom is 0.336 e. The molecule has 9 heteroatoms. The van der Waals surface area contributed by atoms with Gasteiger partial charge in [-0.15, -0.1) is 0 Å². The molecule has 37 heavy (non-hydrogen) atoms. The van der Waals surface area contributed by atoms with E-state index in [1.165, 1.54) is 24.3 Å². The van der Waals surface area contributed by atoms with Crippen LogP contribution in [0.3, 0.4) is 0 Å². The van der Waals surface area contributed by atoms with Crippen molar-refractivity contribution in [3.05, 3.63) is 70.9 Å². The van der Waals surface area contributed by atoms with Crippen LogP contribution in [0.2, 0.25) is 0 Å². The van der Waals surface area contributed by atoms with Gasteiger partial charge in [-0.25, -0.2) is 18.2 Å². The number of fused-ring (bicyclic) bond motifs is 2. The SMILES string of the molecule is CC(C)(C)CC[C@@]1(C)C(=O)C(c2cc(C(=O)O)c3cc(NS(C)(=O)=O)ccc3n2)=C(O)c2ccccc21. The van der Waals surface area contributed by atoms with Crippen LogP contribution < -0.4 is 4.72 Å². The highest BCUT2D eigenvalue weighted by molar-refractivity contribution is 7.92. The lowest BCUT2D eigenvalue weighted by Gasteiger charge is -2.37. The van der Waals surface area contributed by atoms with Crippen LogP contribution in [0.4, 0.5) is 5.69 Å². The third-order valence-electron chi connectivity index (χ3n) is 6.72. The molecule has 0 saturated heterocycles. The van der Waals surface area contributed by atoms with Gasteiger partial charge >= 0.3 is 5.97 Å². The Morgan fingerprint density at radius 3 is 2.41 bits per heavy atom. The summed E-state index contributed by atoms with van der Waals surface area (Å²) in [5, 5.41) is 21.4. The van der Waals surface area contributed by atoms with E-state index in [1.807, 2.05) is 19.1 Å². The van der Waals surface area contributed by atoms with Gasteiger partial charge < -0.3 is 10.2 Å². The smallest absolute Gasteiger partial charge is 0.336 e. The van der Waals surface area contributed by atoms with Crippen molar-refractivity contribution in [1.29, 1.82) is 0 Å². The zero-order chi connectivity index (χ0) is 27.3. The number of benzene rings is 2. The second kappa shape index (κ2) is 8.99. The molecular formula is C28H30N2O6S. The van der Waals surface area contributed by atoms with E-state index in [1.54, 1.807) is 12.1 Å². The molecule has 3 aromatic rings. The van der Waals surface area contributed by atoms with E-state index in [0.717, 1.165) is 18.2 Å². The van der Waals surface area contributed by atoms with Crippen molar-refractivity contribution in [2.75, 3.05) is 11.0 Å². The quantitative estimate of drug-likeness (QED) is 0.395. The van der Waals surface area contributed by atoms with E-state index in [2.05, 4.69) is 30.5 Å². The number of aliphatic hydroxyl groups is 1. The summed E-state index contributed by atoms with van der Waals surface area (Å²) in [6.07, 6.45) is 2.28. The summed E-state index contributed by atoms with van der Waals surface area (Å²) in [4.78, 5) is 30.9. The summed E-state index contributed by atoms with van der Waals surface area (Å²) in [6, 6.07) is 12.8. The molecule has 1 aromatic heterocycles. The highest BCUT2D eigenvalue weighted by Gasteiger charge is 2.45. The zero-order valence-corrected chi connectivity index (χ0v) is 22.2. The summed E-state index contributed by atoms with van der Waals surface area (Å²) in [7, 11) is -3.58. The maximum absolute atomic E-state index is 14.1. The number of carbonyl (C=O) groups excluding carboxylic acids is 1. The van der Waals surface area contributed by atoms with E-state index >= 15 is 0 Å². The minimum Gasteiger partial charge on any atom is -0.506 e. The summed E-state index contributed by atoms with van der Waals surface area (Å²) < 4.78 is 25.6. The van der Waals surface area contributed by atoms with Crippen LogP contribution in [-0.4, -0.2) is 41.6 Å². The van der Waals surface area contributed by atoms with E-state index in [9.17, 15) is 28.2 Å². The standard InChI is InChI=1S/C28H30N2O6S/c1-27(2,3)12-13-28(4)20-9-7-6-8-17(20)24(31)23(25(28)32)22-15-19(26(33)34)18-14-16(30-37(5,35)36)10-11-21(18)29-22/h6-11,14-15,30-31H,12-13H2,1-5H3,(H,33,34)/t28-/m1/s1. The number of anilines is 1. The van der Waals surface area contributed by atoms with Crippen LogP contribution in [0.15, 0.2) is 48.5 Å². The molecule has 8 nitrogen and oxygen atoms in total. The molecule has 1 atom stereocenters. The Morgan fingerprint density at radius 1 is 1.11 bits per heavy atom. The van der Waals surface area contributed by atoms with E-state index < -0.39 is 21.4 Å². The van der Waals surface area contributed by atoms with Gasteiger partial charge in [-0.3, -0.25) is 9.52 Å². The van der Waals surface area contributed by atoms with Gasteiger partial charge in [0, 0.05) is 16.6 Å². The van der Waals surface area contributed by atoms with Gasteiger partial charge in [-0.05, 0) is 55.0 Å². The molecule has 3 N–H and O–H groups in total. The molecule has 0 unspecified atom stereocenters. The van der Waals surface area contributed by atoms with Crippen molar-refractivity contribution < 1.29 is 28.2 Å². The largest absolute Gasteiger partial charge is 0.506 e. The number of allylic oxidation sites excluding steroid dienone is 1. The molecule has 1 heterocycles. The normalized spacial score (nSPS) is 18.1. The van der Waals surface area contributed by atoms with Crippen LogP contribution in [0.25, 0.3) is 22.2 Å². The predicted molar refractivity (Wildman–Crippen MR) is 144 cm³/mol.